The Morgan fingerprint density at radius 2 is 2.38 bits per heavy atom. The second-order valence-corrected chi connectivity index (χ2v) is 5.37. The number of nitrogens with zero attached hydrogens (tertiary/aromatic N) is 2. The van der Waals surface area contributed by atoms with E-state index in [1.54, 1.807) is 0 Å². The Morgan fingerprint density at radius 1 is 1.56 bits per heavy atom. The molecule has 0 spiro atoms. The van der Waals surface area contributed by atoms with Gasteiger partial charge in [-0.25, -0.2) is 0 Å². The number of aromatic nitrogens is 2. The van der Waals surface area contributed by atoms with Gasteiger partial charge in [-0.15, -0.1) is 5.10 Å². The van der Waals surface area contributed by atoms with Gasteiger partial charge < -0.3 is 0 Å². The highest BCUT2D eigenvalue weighted by Gasteiger charge is 2.25. The third kappa shape index (κ3) is 2.59. The lowest BCUT2D eigenvalue weighted by Crippen LogP contribution is -2.31. The van der Waals surface area contributed by atoms with Crippen LogP contribution in [-0.4, -0.2) is 9.59 Å². The molecule has 4 nitrogen and oxygen atoms in total. The first kappa shape index (κ1) is 12.0. The van der Waals surface area contributed by atoms with Gasteiger partial charge in [0, 0.05) is 0 Å². The minimum Gasteiger partial charge on any atom is -0.271 e. The van der Waals surface area contributed by atoms with E-state index in [0.717, 1.165) is 30.9 Å². The maximum Gasteiger partial charge on any atom is 0.0804 e. The van der Waals surface area contributed by atoms with E-state index >= 15 is 0 Å². The number of hydrazine groups is 1. The van der Waals surface area contributed by atoms with E-state index in [-0.39, 0.29) is 6.04 Å². The van der Waals surface area contributed by atoms with Crippen LogP contribution in [-0.2, 0) is 6.42 Å². The van der Waals surface area contributed by atoms with Crippen molar-refractivity contribution in [3.63, 3.8) is 0 Å². The molecule has 2 rings (SSSR count). The SMILES string of the molecule is CCCc1nnsc1C(CC1CCC1)NN. The van der Waals surface area contributed by atoms with Crippen LogP contribution in [0.4, 0.5) is 0 Å². The highest BCUT2D eigenvalue weighted by atomic mass is 32.1. The zero-order chi connectivity index (χ0) is 11.4. The first-order chi connectivity index (χ1) is 7.85. The Labute approximate surface area is 101 Å². The summed E-state index contributed by atoms with van der Waals surface area (Å²) in [5.74, 6) is 6.50. The van der Waals surface area contributed by atoms with Crippen LogP contribution in [0.25, 0.3) is 0 Å². The van der Waals surface area contributed by atoms with Gasteiger partial charge >= 0.3 is 0 Å². The van der Waals surface area contributed by atoms with Crippen LogP contribution in [0.15, 0.2) is 0 Å². The van der Waals surface area contributed by atoms with Crippen LogP contribution in [0.5, 0.6) is 0 Å². The van der Waals surface area contributed by atoms with Crippen molar-refractivity contribution in [1.29, 1.82) is 0 Å². The van der Waals surface area contributed by atoms with Gasteiger partial charge in [0.1, 0.15) is 0 Å². The topological polar surface area (TPSA) is 63.8 Å². The monoisotopic (exact) mass is 240 g/mol. The molecule has 90 valence electrons. The first-order valence-corrected chi connectivity index (χ1v) is 6.89. The van der Waals surface area contributed by atoms with Crippen LogP contribution in [0, 0.1) is 5.92 Å². The smallest absolute Gasteiger partial charge is 0.0804 e. The molecule has 1 heterocycles. The molecule has 1 aliphatic carbocycles. The second-order valence-electron chi connectivity index (χ2n) is 4.59. The van der Waals surface area contributed by atoms with Crippen molar-refractivity contribution in [3.8, 4) is 0 Å². The number of hydrogen-bond acceptors (Lipinski definition) is 5. The number of rotatable bonds is 6. The van der Waals surface area contributed by atoms with Crippen molar-refractivity contribution in [1.82, 2.24) is 15.0 Å². The van der Waals surface area contributed by atoms with Crippen LogP contribution in [0.1, 0.15) is 55.6 Å². The Morgan fingerprint density at radius 3 is 2.94 bits per heavy atom. The van der Waals surface area contributed by atoms with Crippen LogP contribution in [0.2, 0.25) is 0 Å². The number of nitrogens with two attached hydrogens (primary N) is 1. The van der Waals surface area contributed by atoms with E-state index in [0.29, 0.717) is 0 Å². The highest BCUT2D eigenvalue weighted by molar-refractivity contribution is 7.05. The van der Waals surface area contributed by atoms with Gasteiger partial charge in [-0.05, 0) is 30.3 Å². The Kier molecular flexibility index (Phi) is 4.26. The molecule has 0 bridgehead atoms. The predicted octanol–water partition coefficient (Wildman–Crippen LogP) is 2.19. The summed E-state index contributed by atoms with van der Waals surface area (Å²) >= 11 is 1.50. The summed E-state index contributed by atoms with van der Waals surface area (Å²) in [5, 5.41) is 4.20. The first-order valence-electron chi connectivity index (χ1n) is 6.12. The Balaban J connectivity index is 2.02. The fourth-order valence-electron chi connectivity index (χ4n) is 2.20. The molecular weight excluding hydrogens is 220 g/mol. The van der Waals surface area contributed by atoms with Gasteiger partial charge in [-0.3, -0.25) is 11.3 Å². The normalized spacial score (nSPS) is 18.4. The van der Waals surface area contributed by atoms with Crippen LogP contribution in [0.3, 0.4) is 0 Å². The number of hydrogen-bond donors (Lipinski definition) is 2. The van der Waals surface area contributed by atoms with Gasteiger partial charge in [-0.2, -0.15) is 0 Å². The highest BCUT2D eigenvalue weighted by Crippen LogP contribution is 2.36. The fourth-order valence-corrected chi connectivity index (χ4v) is 2.97. The summed E-state index contributed by atoms with van der Waals surface area (Å²) in [4.78, 5) is 1.25. The Hall–Kier alpha value is -0.520. The minimum atomic E-state index is 0.256. The molecule has 1 atom stereocenters. The molecule has 1 unspecified atom stereocenters. The maximum absolute atomic E-state index is 5.66. The molecule has 5 heteroatoms. The Bertz CT molecular complexity index is 322. The zero-order valence-corrected chi connectivity index (χ0v) is 10.6. The van der Waals surface area contributed by atoms with E-state index < -0.39 is 0 Å². The van der Waals surface area contributed by atoms with E-state index in [9.17, 15) is 0 Å². The summed E-state index contributed by atoms with van der Waals surface area (Å²) in [6.45, 7) is 2.17. The predicted molar refractivity (Wildman–Crippen MR) is 65.9 cm³/mol. The minimum absolute atomic E-state index is 0.256. The van der Waals surface area contributed by atoms with Gasteiger partial charge in [0.15, 0.2) is 0 Å². The zero-order valence-electron chi connectivity index (χ0n) is 9.78. The standard InChI is InChI=1S/C11H20N4S/c1-2-4-9-11(16-15-14-9)10(13-12)7-8-5-3-6-8/h8,10,13H,2-7,12H2,1H3. The fraction of sp³-hybridized carbons (Fsp3) is 0.818. The molecule has 1 fully saturated rings. The molecular formula is C11H20N4S. The molecule has 1 saturated carbocycles. The van der Waals surface area contributed by atoms with Crippen LogP contribution < -0.4 is 11.3 Å². The van der Waals surface area contributed by atoms with E-state index in [4.69, 9.17) is 5.84 Å². The van der Waals surface area contributed by atoms with Gasteiger partial charge in [0.05, 0.1) is 16.6 Å². The number of nitrogens with one attached hydrogen (secondary N) is 1. The third-order valence-electron chi connectivity index (χ3n) is 3.38. The van der Waals surface area contributed by atoms with Crippen molar-refractivity contribution in [2.75, 3.05) is 0 Å². The summed E-state index contributed by atoms with van der Waals surface area (Å²) < 4.78 is 4.06. The molecule has 1 aromatic rings. The lowest BCUT2D eigenvalue weighted by molar-refractivity contribution is 0.262. The largest absolute Gasteiger partial charge is 0.271 e. The third-order valence-corrected chi connectivity index (χ3v) is 4.26. The molecule has 0 amide bonds. The lowest BCUT2D eigenvalue weighted by Gasteiger charge is -2.29. The van der Waals surface area contributed by atoms with Crippen molar-refractivity contribution in [2.24, 2.45) is 11.8 Å². The van der Waals surface area contributed by atoms with E-state index in [1.165, 1.54) is 35.7 Å². The average Bonchev–Trinajstić information content (AvgIpc) is 2.66. The van der Waals surface area contributed by atoms with E-state index in [2.05, 4.69) is 21.9 Å². The molecule has 0 aromatic carbocycles. The van der Waals surface area contributed by atoms with Crippen molar-refractivity contribution in [3.05, 3.63) is 10.6 Å². The van der Waals surface area contributed by atoms with E-state index in [1.807, 2.05) is 0 Å². The van der Waals surface area contributed by atoms with Gasteiger partial charge in [0.25, 0.3) is 0 Å². The molecule has 0 saturated heterocycles. The average molecular weight is 240 g/mol. The van der Waals surface area contributed by atoms with Crippen LogP contribution >= 0.6 is 11.5 Å². The summed E-state index contributed by atoms with van der Waals surface area (Å²) in [6.07, 6.45) is 7.34. The molecule has 1 aliphatic rings. The second kappa shape index (κ2) is 5.70. The summed E-state index contributed by atoms with van der Waals surface area (Å²) in [6, 6.07) is 0.256. The van der Waals surface area contributed by atoms with Crippen molar-refractivity contribution >= 4 is 11.5 Å². The summed E-state index contributed by atoms with van der Waals surface area (Å²) in [7, 11) is 0. The molecule has 16 heavy (non-hydrogen) atoms. The quantitative estimate of drug-likeness (QED) is 0.591. The lowest BCUT2D eigenvalue weighted by atomic mass is 9.80. The summed E-state index contributed by atoms with van der Waals surface area (Å²) in [5.41, 5.74) is 4.07. The van der Waals surface area contributed by atoms with Crippen molar-refractivity contribution in [2.45, 2.75) is 51.5 Å². The van der Waals surface area contributed by atoms with Gasteiger partial charge in [-0.1, -0.05) is 37.1 Å². The van der Waals surface area contributed by atoms with Crippen molar-refractivity contribution < 1.29 is 0 Å². The van der Waals surface area contributed by atoms with Gasteiger partial charge in [0.2, 0.25) is 0 Å². The molecule has 0 aliphatic heterocycles. The molecule has 0 radical (unpaired) electrons. The molecule has 3 N–H and O–H groups in total. The molecule has 1 aromatic heterocycles. The number of aryl methyl sites for hydroxylation is 1. The maximum atomic E-state index is 5.66.